The fourth-order valence-electron chi connectivity index (χ4n) is 3.46. The van der Waals surface area contributed by atoms with Crippen molar-refractivity contribution in [3.63, 3.8) is 0 Å². The zero-order chi connectivity index (χ0) is 19.6. The predicted octanol–water partition coefficient (Wildman–Crippen LogP) is 2.23. The van der Waals surface area contributed by atoms with Gasteiger partial charge in [-0.25, -0.2) is 0 Å². The Kier molecular flexibility index (Phi) is 7.21. The van der Waals surface area contributed by atoms with Gasteiger partial charge in [-0.05, 0) is 44.0 Å². The Morgan fingerprint density at radius 1 is 1.29 bits per heavy atom. The summed E-state index contributed by atoms with van der Waals surface area (Å²) >= 11 is 0. The Labute approximate surface area is 171 Å². The molecular formula is C20H28ClN5O2. The maximum absolute atomic E-state index is 12.9. The molecule has 0 spiro atoms. The second kappa shape index (κ2) is 9.21. The van der Waals surface area contributed by atoms with Crippen molar-refractivity contribution >= 4 is 29.9 Å². The third-order valence-corrected chi connectivity index (χ3v) is 4.87. The van der Waals surface area contributed by atoms with Gasteiger partial charge in [-0.2, -0.15) is 5.10 Å². The van der Waals surface area contributed by atoms with Crippen LogP contribution >= 0.6 is 12.4 Å². The van der Waals surface area contributed by atoms with Crippen LogP contribution in [-0.4, -0.2) is 40.7 Å². The SMILES string of the molecule is Cc1ccc(NC(=O)[C@H]2CNC[C@@H]2c2cnn(C)c2)cc1C(=O)NC(C)C.Cl. The van der Waals surface area contributed by atoms with E-state index in [1.165, 1.54) is 0 Å². The van der Waals surface area contributed by atoms with E-state index in [4.69, 9.17) is 0 Å². The van der Waals surface area contributed by atoms with Gasteiger partial charge in [0.2, 0.25) is 5.91 Å². The van der Waals surface area contributed by atoms with E-state index < -0.39 is 0 Å². The number of carbonyl (C=O) groups is 2. The molecule has 8 heteroatoms. The molecule has 7 nitrogen and oxygen atoms in total. The molecule has 1 aromatic heterocycles. The minimum atomic E-state index is -0.177. The highest BCUT2D eigenvalue weighted by Gasteiger charge is 2.34. The molecule has 1 fully saturated rings. The van der Waals surface area contributed by atoms with Crippen molar-refractivity contribution in [1.82, 2.24) is 20.4 Å². The summed E-state index contributed by atoms with van der Waals surface area (Å²) in [6.07, 6.45) is 3.77. The summed E-state index contributed by atoms with van der Waals surface area (Å²) in [6, 6.07) is 5.49. The van der Waals surface area contributed by atoms with Crippen LogP contribution in [0.1, 0.15) is 41.3 Å². The molecule has 0 saturated carbocycles. The summed E-state index contributed by atoms with van der Waals surface area (Å²) in [5, 5.41) is 13.4. The number of nitrogens with zero attached hydrogens (tertiary/aromatic N) is 2. The highest BCUT2D eigenvalue weighted by Crippen LogP contribution is 2.29. The van der Waals surface area contributed by atoms with Crippen molar-refractivity contribution in [2.75, 3.05) is 18.4 Å². The Bertz CT molecular complexity index is 849. The lowest BCUT2D eigenvalue weighted by Crippen LogP contribution is -2.31. The Hall–Kier alpha value is -2.38. The third-order valence-electron chi connectivity index (χ3n) is 4.87. The summed E-state index contributed by atoms with van der Waals surface area (Å²) in [4.78, 5) is 25.2. The van der Waals surface area contributed by atoms with Crippen molar-refractivity contribution in [1.29, 1.82) is 0 Å². The molecule has 0 unspecified atom stereocenters. The minimum absolute atomic E-state index is 0. The highest BCUT2D eigenvalue weighted by atomic mass is 35.5. The van der Waals surface area contributed by atoms with Crippen LogP contribution in [-0.2, 0) is 11.8 Å². The molecule has 28 heavy (non-hydrogen) atoms. The van der Waals surface area contributed by atoms with Gasteiger partial charge < -0.3 is 16.0 Å². The molecule has 2 atom stereocenters. The zero-order valence-electron chi connectivity index (χ0n) is 16.7. The molecule has 1 aromatic carbocycles. The first-order valence-corrected chi connectivity index (χ1v) is 9.26. The standard InChI is InChI=1S/C20H27N5O2.ClH/c1-12(2)23-19(26)16-7-15(6-5-13(16)3)24-20(27)18-10-21-9-17(18)14-8-22-25(4)11-14;/h5-8,11-12,17-18,21H,9-10H2,1-4H3,(H,23,26)(H,24,27);1H/t17-,18+;/m1./s1. The van der Waals surface area contributed by atoms with Gasteiger partial charge in [-0.15, -0.1) is 12.4 Å². The monoisotopic (exact) mass is 405 g/mol. The fraction of sp³-hybridized carbons (Fsp3) is 0.450. The lowest BCUT2D eigenvalue weighted by molar-refractivity contribution is -0.119. The van der Waals surface area contributed by atoms with Gasteiger partial charge in [0.1, 0.15) is 0 Å². The van der Waals surface area contributed by atoms with Crippen molar-refractivity contribution in [2.45, 2.75) is 32.7 Å². The fourth-order valence-corrected chi connectivity index (χ4v) is 3.46. The van der Waals surface area contributed by atoms with Crippen LogP contribution in [0.3, 0.4) is 0 Å². The number of amides is 2. The van der Waals surface area contributed by atoms with Crippen molar-refractivity contribution in [3.05, 3.63) is 47.3 Å². The molecule has 1 aliphatic rings. The van der Waals surface area contributed by atoms with E-state index in [0.29, 0.717) is 17.8 Å². The minimum Gasteiger partial charge on any atom is -0.350 e. The van der Waals surface area contributed by atoms with Crippen LogP contribution in [0.5, 0.6) is 0 Å². The average molecular weight is 406 g/mol. The predicted molar refractivity (Wildman–Crippen MR) is 112 cm³/mol. The summed E-state index contributed by atoms with van der Waals surface area (Å²) in [7, 11) is 1.87. The van der Waals surface area contributed by atoms with Gasteiger partial charge in [0.25, 0.3) is 5.91 Å². The lowest BCUT2D eigenvalue weighted by atomic mass is 9.90. The number of hydrogen-bond donors (Lipinski definition) is 3. The van der Waals surface area contributed by atoms with Crippen LogP contribution in [0, 0.1) is 12.8 Å². The Morgan fingerprint density at radius 2 is 2.04 bits per heavy atom. The number of nitrogens with one attached hydrogen (secondary N) is 3. The summed E-state index contributed by atoms with van der Waals surface area (Å²) in [5.74, 6) is -0.265. The molecule has 2 aromatic rings. The second-order valence-electron chi connectivity index (χ2n) is 7.47. The normalized spacial score (nSPS) is 18.6. The Balaban J connectivity index is 0.00000280. The summed E-state index contributed by atoms with van der Waals surface area (Å²) in [5.41, 5.74) is 3.15. The molecule has 1 aliphatic heterocycles. The van der Waals surface area contributed by atoms with Crippen LogP contribution in [0.2, 0.25) is 0 Å². The third kappa shape index (κ3) is 4.91. The first-order valence-electron chi connectivity index (χ1n) is 9.26. The number of halogens is 1. The molecule has 152 valence electrons. The van der Waals surface area contributed by atoms with Crippen LogP contribution < -0.4 is 16.0 Å². The van der Waals surface area contributed by atoms with Gasteiger partial charge in [-0.3, -0.25) is 14.3 Å². The van der Waals surface area contributed by atoms with Crippen molar-refractivity contribution < 1.29 is 9.59 Å². The summed E-state index contributed by atoms with van der Waals surface area (Å²) < 4.78 is 1.75. The number of carbonyl (C=O) groups excluding carboxylic acids is 2. The molecule has 1 saturated heterocycles. The van der Waals surface area contributed by atoms with E-state index in [2.05, 4.69) is 21.0 Å². The molecule has 2 heterocycles. The number of rotatable bonds is 5. The van der Waals surface area contributed by atoms with Gasteiger partial charge in [-0.1, -0.05) is 6.07 Å². The maximum atomic E-state index is 12.9. The zero-order valence-corrected chi connectivity index (χ0v) is 17.5. The molecule has 2 amide bonds. The highest BCUT2D eigenvalue weighted by molar-refractivity contribution is 5.99. The van der Waals surface area contributed by atoms with Crippen molar-refractivity contribution in [3.8, 4) is 0 Å². The van der Waals surface area contributed by atoms with Gasteiger partial charge in [0.05, 0.1) is 12.1 Å². The van der Waals surface area contributed by atoms with Crippen LogP contribution in [0.4, 0.5) is 5.69 Å². The van der Waals surface area contributed by atoms with E-state index in [1.807, 2.05) is 52.3 Å². The number of aryl methyl sites for hydroxylation is 2. The molecule has 0 aliphatic carbocycles. The smallest absolute Gasteiger partial charge is 0.251 e. The van der Waals surface area contributed by atoms with E-state index in [1.54, 1.807) is 10.7 Å². The Morgan fingerprint density at radius 3 is 2.68 bits per heavy atom. The first kappa shape index (κ1) is 21.9. The molecule has 0 bridgehead atoms. The maximum Gasteiger partial charge on any atom is 0.251 e. The average Bonchev–Trinajstić information content (AvgIpc) is 3.24. The quantitative estimate of drug-likeness (QED) is 0.711. The number of aromatic nitrogens is 2. The first-order chi connectivity index (χ1) is 12.8. The topological polar surface area (TPSA) is 88.1 Å². The molecule has 0 radical (unpaired) electrons. The van der Waals surface area contributed by atoms with Gasteiger partial charge in [0.15, 0.2) is 0 Å². The van der Waals surface area contributed by atoms with E-state index in [0.717, 1.165) is 17.7 Å². The number of benzene rings is 1. The van der Waals surface area contributed by atoms with E-state index >= 15 is 0 Å². The number of hydrogen-bond acceptors (Lipinski definition) is 4. The molecule has 3 N–H and O–H groups in total. The van der Waals surface area contributed by atoms with Crippen molar-refractivity contribution in [2.24, 2.45) is 13.0 Å². The summed E-state index contributed by atoms with van der Waals surface area (Å²) in [6.45, 7) is 7.10. The second-order valence-corrected chi connectivity index (χ2v) is 7.47. The van der Waals surface area contributed by atoms with E-state index in [-0.39, 0.29) is 42.1 Å². The van der Waals surface area contributed by atoms with Gasteiger partial charge >= 0.3 is 0 Å². The lowest BCUT2D eigenvalue weighted by Gasteiger charge is -2.18. The molecular weight excluding hydrogens is 378 g/mol. The molecule has 3 rings (SSSR count). The largest absolute Gasteiger partial charge is 0.350 e. The van der Waals surface area contributed by atoms with E-state index in [9.17, 15) is 9.59 Å². The van der Waals surface area contributed by atoms with Crippen LogP contribution in [0.15, 0.2) is 30.6 Å². The van der Waals surface area contributed by atoms with Crippen LogP contribution in [0.25, 0.3) is 0 Å². The van der Waals surface area contributed by atoms with Gasteiger partial charge in [0, 0.05) is 49.5 Å². The number of anilines is 1.